The van der Waals surface area contributed by atoms with E-state index in [9.17, 15) is 0 Å². The molecule has 0 saturated carbocycles. The van der Waals surface area contributed by atoms with Crippen molar-refractivity contribution < 1.29 is 0 Å². The number of hydrogen-bond donors (Lipinski definition) is 0. The number of aryl methyl sites for hydroxylation is 1. The standard InChI is InChI=1S/C15H16N4S/c1-2-6-13(7-3-1)8-4-5-9-20-15-11-16-10-14-17-12-18-19(14)15/h1-3,6-7,10-12H,4-5,8-9H2. The predicted octanol–water partition coefficient (Wildman–Crippen LogP) is 3.24. The summed E-state index contributed by atoms with van der Waals surface area (Å²) in [6, 6.07) is 10.6. The third-order valence-corrected chi connectivity index (χ3v) is 4.18. The minimum absolute atomic E-state index is 0.805. The lowest BCUT2D eigenvalue weighted by Gasteiger charge is -2.03. The molecule has 0 N–H and O–H groups in total. The number of unbranched alkanes of at least 4 members (excludes halogenated alkanes) is 1. The van der Waals surface area contributed by atoms with E-state index in [0.717, 1.165) is 22.8 Å². The van der Waals surface area contributed by atoms with E-state index in [1.807, 2.05) is 10.7 Å². The van der Waals surface area contributed by atoms with Gasteiger partial charge in [0.05, 0.1) is 12.4 Å². The van der Waals surface area contributed by atoms with E-state index in [1.165, 1.54) is 18.4 Å². The van der Waals surface area contributed by atoms with E-state index in [-0.39, 0.29) is 0 Å². The second-order valence-electron chi connectivity index (χ2n) is 4.57. The van der Waals surface area contributed by atoms with Gasteiger partial charge >= 0.3 is 0 Å². The van der Waals surface area contributed by atoms with Crippen LogP contribution < -0.4 is 0 Å². The monoisotopic (exact) mass is 284 g/mol. The van der Waals surface area contributed by atoms with E-state index in [1.54, 1.807) is 24.3 Å². The molecule has 20 heavy (non-hydrogen) atoms. The molecule has 3 rings (SSSR count). The van der Waals surface area contributed by atoms with Crippen LogP contribution in [-0.2, 0) is 6.42 Å². The summed E-state index contributed by atoms with van der Waals surface area (Å²) in [6.45, 7) is 0. The fourth-order valence-electron chi connectivity index (χ4n) is 2.08. The molecule has 0 spiro atoms. The van der Waals surface area contributed by atoms with Crippen LogP contribution in [0.4, 0.5) is 0 Å². The van der Waals surface area contributed by atoms with Crippen molar-refractivity contribution >= 4 is 17.4 Å². The Hall–Kier alpha value is -1.88. The smallest absolute Gasteiger partial charge is 0.174 e. The van der Waals surface area contributed by atoms with E-state index < -0.39 is 0 Å². The first kappa shape index (κ1) is 13.1. The van der Waals surface area contributed by atoms with Gasteiger partial charge in [-0.25, -0.2) is 9.50 Å². The molecule has 102 valence electrons. The summed E-state index contributed by atoms with van der Waals surface area (Å²) in [6.07, 6.45) is 8.68. The average Bonchev–Trinajstić information content (AvgIpc) is 2.97. The van der Waals surface area contributed by atoms with Crippen LogP contribution in [0.3, 0.4) is 0 Å². The quantitative estimate of drug-likeness (QED) is 0.515. The summed E-state index contributed by atoms with van der Waals surface area (Å²) >= 11 is 1.79. The molecule has 5 heteroatoms. The van der Waals surface area contributed by atoms with Crippen molar-refractivity contribution in [1.29, 1.82) is 0 Å². The molecule has 0 aliphatic heterocycles. The molecular weight excluding hydrogens is 268 g/mol. The van der Waals surface area contributed by atoms with Crippen molar-refractivity contribution in [3.8, 4) is 0 Å². The summed E-state index contributed by atoms with van der Waals surface area (Å²) in [5.74, 6) is 1.08. The molecule has 3 aromatic rings. The van der Waals surface area contributed by atoms with Crippen LogP contribution in [0.15, 0.2) is 54.1 Å². The molecule has 0 bridgehead atoms. The lowest BCUT2D eigenvalue weighted by atomic mass is 10.1. The molecule has 1 aromatic carbocycles. The van der Waals surface area contributed by atoms with Gasteiger partial charge in [0.1, 0.15) is 11.4 Å². The Morgan fingerprint density at radius 1 is 1.05 bits per heavy atom. The molecule has 2 aromatic heterocycles. The molecular formula is C15H16N4S. The van der Waals surface area contributed by atoms with Crippen LogP contribution in [0.5, 0.6) is 0 Å². The minimum Gasteiger partial charge on any atom is -0.258 e. The van der Waals surface area contributed by atoms with Gasteiger partial charge in [0, 0.05) is 0 Å². The van der Waals surface area contributed by atoms with Crippen LogP contribution in [0.25, 0.3) is 5.65 Å². The Morgan fingerprint density at radius 3 is 2.85 bits per heavy atom. The average molecular weight is 284 g/mol. The Labute approximate surface area is 122 Å². The van der Waals surface area contributed by atoms with Gasteiger partial charge in [0.2, 0.25) is 0 Å². The molecule has 2 heterocycles. The van der Waals surface area contributed by atoms with Gasteiger partial charge in [0.15, 0.2) is 5.65 Å². The number of aromatic nitrogens is 4. The highest BCUT2D eigenvalue weighted by molar-refractivity contribution is 7.99. The Kier molecular flexibility index (Phi) is 4.28. The molecule has 0 radical (unpaired) electrons. The second kappa shape index (κ2) is 6.52. The van der Waals surface area contributed by atoms with Gasteiger partial charge in [-0.15, -0.1) is 11.8 Å². The third kappa shape index (κ3) is 3.17. The zero-order chi connectivity index (χ0) is 13.6. The molecule has 0 fully saturated rings. The van der Waals surface area contributed by atoms with Crippen LogP contribution in [-0.4, -0.2) is 25.3 Å². The molecule has 0 atom stereocenters. The van der Waals surface area contributed by atoms with Crippen molar-refractivity contribution in [3.05, 3.63) is 54.6 Å². The molecule has 0 aliphatic rings. The minimum atomic E-state index is 0.805. The van der Waals surface area contributed by atoms with Crippen molar-refractivity contribution in [2.24, 2.45) is 0 Å². The summed E-state index contributed by atoms with van der Waals surface area (Å²) in [4.78, 5) is 8.33. The summed E-state index contributed by atoms with van der Waals surface area (Å²) in [5.41, 5.74) is 2.22. The van der Waals surface area contributed by atoms with Gasteiger partial charge < -0.3 is 0 Å². The highest BCUT2D eigenvalue weighted by atomic mass is 32.2. The lowest BCUT2D eigenvalue weighted by molar-refractivity contribution is 0.797. The number of thioether (sulfide) groups is 1. The van der Waals surface area contributed by atoms with E-state index >= 15 is 0 Å². The maximum atomic E-state index is 4.21. The largest absolute Gasteiger partial charge is 0.258 e. The highest BCUT2D eigenvalue weighted by Gasteiger charge is 2.03. The van der Waals surface area contributed by atoms with Crippen molar-refractivity contribution in [3.63, 3.8) is 0 Å². The second-order valence-corrected chi connectivity index (χ2v) is 5.68. The first-order valence-corrected chi connectivity index (χ1v) is 7.72. The zero-order valence-corrected chi connectivity index (χ0v) is 12.0. The first-order valence-electron chi connectivity index (χ1n) is 6.74. The normalized spacial score (nSPS) is 11.0. The number of rotatable bonds is 6. The molecule has 0 saturated heterocycles. The van der Waals surface area contributed by atoms with Crippen molar-refractivity contribution in [1.82, 2.24) is 19.6 Å². The predicted molar refractivity (Wildman–Crippen MR) is 80.9 cm³/mol. The van der Waals surface area contributed by atoms with E-state index in [4.69, 9.17) is 0 Å². The number of hydrogen-bond acceptors (Lipinski definition) is 4. The van der Waals surface area contributed by atoms with Crippen LogP contribution in [0, 0.1) is 0 Å². The summed E-state index contributed by atoms with van der Waals surface area (Å²) in [5, 5.41) is 5.27. The molecule has 0 aliphatic carbocycles. The topological polar surface area (TPSA) is 43.1 Å². The Balaban J connectivity index is 1.47. The molecule has 0 amide bonds. The van der Waals surface area contributed by atoms with Crippen LogP contribution in [0.1, 0.15) is 18.4 Å². The summed E-state index contributed by atoms with van der Waals surface area (Å²) < 4.78 is 1.84. The van der Waals surface area contributed by atoms with Gasteiger partial charge in [-0.2, -0.15) is 5.10 Å². The van der Waals surface area contributed by atoms with Gasteiger partial charge in [-0.3, -0.25) is 4.98 Å². The first-order chi connectivity index (χ1) is 9.93. The SMILES string of the molecule is c1ccc(CCCCSc2cncc3ncnn23)cc1. The number of fused-ring (bicyclic) bond motifs is 1. The maximum absolute atomic E-state index is 4.21. The zero-order valence-electron chi connectivity index (χ0n) is 11.1. The maximum Gasteiger partial charge on any atom is 0.174 e. The van der Waals surface area contributed by atoms with E-state index in [0.29, 0.717) is 0 Å². The number of nitrogens with zero attached hydrogens (tertiary/aromatic N) is 4. The summed E-state index contributed by atoms with van der Waals surface area (Å²) in [7, 11) is 0. The van der Waals surface area contributed by atoms with Crippen LogP contribution >= 0.6 is 11.8 Å². The van der Waals surface area contributed by atoms with Gasteiger partial charge in [0.25, 0.3) is 0 Å². The molecule has 4 nitrogen and oxygen atoms in total. The van der Waals surface area contributed by atoms with Gasteiger partial charge in [-0.05, 0) is 30.6 Å². The Bertz CT molecular complexity index is 666. The van der Waals surface area contributed by atoms with Gasteiger partial charge in [-0.1, -0.05) is 30.3 Å². The fraction of sp³-hybridized carbons (Fsp3) is 0.267. The van der Waals surface area contributed by atoms with Crippen LogP contribution in [0.2, 0.25) is 0 Å². The van der Waals surface area contributed by atoms with Crippen molar-refractivity contribution in [2.45, 2.75) is 24.3 Å². The number of benzene rings is 1. The lowest BCUT2D eigenvalue weighted by Crippen LogP contribution is -1.95. The fourth-order valence-corrected chi connectivity index (χ4v) is 3.04. The highest BCUT2D eigenvalue weighted by Crippen LogP contribution is 2.19. The van der Waals surface area contributed by atoms with E-state index in [2.05, 4.69) is 45.4 Å². The van der Waals surface area contributed by atoms with Crippen molar-refractivity contribution in [2.75, 3.05) is 5.75 Å². The third-order valence-electron chi connectivity index (χ3n) is 3.11. The molecule has 0 unspecified atom stereocenters. The Morgan fingerprint density at radius 2 is 1.95 bits per heavy atom.